The van der Waals surface area contributed by atoms with Crippen molar-refractivity contribution in [3.63, 3.8) is 0 Å². The topological polar surface area (TPSA) is 49.4 Å². The minimum Gasteiger partial charge on any atom is -0.342 e. The van der Waals surface area contributed by atoms with Crippen LogP contribution in [0.5, 0.6) is 0 Å². The summed E-state index contributed by atoms with van der Waals surface area (Å²) in [5.41, 5.74) is -0.829. The average Bonchev–Trinajstić information content (AvgIpc) is 2.62. The lowest BCUT2D eigenvalue weighted by Crippen LogP contribution is -2.34. The Bertz CT molecular complexity index is 837. The molecule has 0 aliphatic rings. The highest BCUT2D eigenvalue weighted by Gasteiger charge is 2.33. The van der Waals surface area contributed by atoms with Crippen LogP contribution in [0.25, 0.3) is 0 Å². The number of benzene rings is 2. The zero-order chi connectivity index (χ0) is 20.7. The summed E-state index contributed by atoms with van der Waals surface area (Å²) in [6, 6.07) is 10.8. The van der Waals surface area contributed by atoms with E-state index in [0.717, 1.165) is 6.07 Å². The van der Waals surface area contributed by atoms with Crippen LogP contribution < -0.4 is 5.32 Å². The van der Waals surface area contributed by atoms with Gasteiger partial charge in [-0.25, -0.2) is 4.39 Å². The van der Waals surface area contributed by atoms with Gasteiger partial charge < -0.3 is 10.2 Å². The van der Waals surface area contributed by atoms with Crippen LogP contribution in [0, 0.1) is 5.82 Å². The van der Waals surface area contributed by atoms with Crippen LogP contribution in [-0.2, 0) is 22.2 Å². The number of rotatable bonds is 7. The lowest BCUT2D eigenvalue weighted by Gasteiger charge is -2.21. The monoisotopic (exact) mass is 396 g/mol. The second kappa shape index (κ2) is 9.34. The van der Waals surface area contributed by atoms with Crippen LogP contribution in [-0.4, -0.2) is 29.8 Å². The highest BCUT2D eigenvalue weighted by Crippen LogP contribution is 2.34. The minimum atomic E-state index is -4.59. The number of nitrogens with one attached hydrogen (secondary N) is 1. The molecule has 0 aliphatic heterocycles. The Morgan fingerprint density at radius 1 is 1.00 bits per heavy atom. The summed E-state index contributed by atoms with van der Waals surface area (Å²) in [6.07, 6.45) is -4.50. The molecule has 2 aromatic rings. The van der Waals surface area contributed by atoms with Gasteiger partial charge in [0.25, 0.3) is 0 Å². The summed E-state index contributed by atoms with van der Waals surface area (Å²) in [5.74, 6) is -1.33. The maximum atomic E-state index is 13.7. The van der Waals surface area contributed by atoms with Gasteiger partial charge in [0.15, 0.2) is 0 Å². The number of hydrogen-bond donors (Lipinski definition) is 1. The van der Waals surface area contributed by atoms with E-state index in [1.54, 1.807) is 18.2 Å². The van der Waals surface area contributed by atoms with Gasteiger partial charge in [-0.15, -0.1) is 0 Å². The largest absolute Gasteiger partial charge is 0.418 e. The van der Waals surface area contributed by atoms with Crippen molar-refractivity contribution in [3.8, 4) is 0 Å². The van der Waals surface area contributed by atoms with E-state index in [0.29, 0.717) is 5.56 Å². The van der Waals surface area contributed by atoms with Gasteiger partial charge in [0, 0.05) is 26.4 Å². The summed E-state index contributed by atoms with van der Waals surface area (Å²) in [4.78, 5) is 25.2. The lowest BCUT2D eigenvalue weighted by atomic mass is 10.1. The molecule has 0 unspecified atom stereocenters. The molecule has 28 heavy (non-hydrogen) atoms. The van der Waals surface area contributed by atoms with Gasteiger partial charge in [-0.05, 0) is 30.2 Å². The normalized spacial score (nSPS) is 11.2. The maximum Gasteiger partial charge on any atom is 0.418 e. The molecule has 0 aliphatic carbocycles. The van der Waals surface area contributed by atoms with Gasteiger partial charge in [-0.1, -0.05) is 30.3 Å². The minimum absolute atomic E-state index is 0.0177. The number of halogens is 4. The maximum absolute atomic E-state index is 13.7. The molecule has 0 saturated heterocycles. The van der Waals surface area contributed by atoms with E-state index < -0.39 is 17.6 Å². The summed E-state index contributed by atoms with van der Waals surface area (Å²) >= 11 is 0. The standard InChI is InChI=1S/C20H20F4N2O2/c1-14(27)26(12-10-15-6-2-4-8-17(15)21)13-11-19(28)25-18-9-5-3-7-16(18)20(22,23)24/h2-9H,10-13H2,1H3,(H,25,28). The third-order valence-electron chi connectivity index (χ3n) is 4.17. The molecule has 8 heteroatoms. The second-order valence-corrected chi connectivity index (χ2v) is 6.19. The Hall–Kier alpha value is -2.90. The van der Waals surface area contributed by atoms with Gasteiger partial charge in [-0.2, -0.15) is 13.2 Å². The third kappa shape index (κ3) is 6.07. The fourth-order valence-corrected chi connectivity index (χ4v) is 2.67. The van der Waals surface area contributed by atoms with Gasteiger partial charge in [0.05, 0.1) is 11.3 Å². The number of nitrogens with zero attached hydrogens (tertiary/aromatic N) is 1. The molecule has 4 nitrogen and oxygen atoms in total. The number of carbonyl (C=O) groups excluding carboxylic acids is 2. The summed E-state index contributed by atoms with van der Waals surface area (Å²) < 4.78 is 52.6. The first-order valence-corrected chi connectivity index (χ1v) is 8.63. The van der Waals surface area contributed by atoms with Crippen molar-refractivity contribution in [3.05, 3.63) is 65.5 Å². The zero-order valence-corrected chi connectivity index (χ0v) is 15.2. The van der Waals surface area contributed by atoms with Gasteiger partial charge in [-0.3, -0.25) is 9.59 Å². The zero-order valence-electron chi connectivity index (χ0n) is 15.2. The molecule has 0 saturated carbocycles. The molecule has 0 atom stereocenters. The molecule has 2 aromatic carbocycles. The van der Waals surface area contributed by atoms with Crippen LogP contribution in [0.15, 0.2) is 48.5 Å². The van der Waals surface area contributed by atoms with Crippen LogP contribution in [0.3, 0.4) is 0 Å². The molecule has 0 bridgehead atoms. The number of para-hydroxylation sites is 1. The van der Waals surface area contributed by atoms with Gasteiger partial charge in [0.2, 0.25) is 11.8 Å². The van der Waals surface area contributed by atoms with E-state index in [9.17, 15) is 27.2 Å². The number of carbonyl (C=O) groups is 2. The van der Waals surface area contributed by atoms with Crippen molar-refractivity contribution in [2.75, 3.05) is 18.4 Å². The Labute approximate surface area is 160 Å². The van der Waals surface area contributed by atoms with E-state index in [1.165, 1.54) is 36.1 Å². The fraction of sp³-hybridized carbons (Fsp3) is 0.300. The quantitative estimate of drug-likeness (QED) is 0.711. The Morgan fingerprint density at radius 3 is 2.29 bits per heavy atom. The van der Waals surface area contributed by atoms with Crippen molar-refractivity contribution in [2.45, 2.75) is 25.9 Å². The molecular formula is C20H20F4N2O2. The summed E-state index contributed by atoms with van der Waals surface area (Å²) in [5, 5.41) is 2.24. The van der Waals surface area contributed by atoms with Gasteiger partial charge >= 0.3 is 6.18 Å². The van der Waals surface area contributed by atoms with Crippen LogP contribution in [0.4, 0.5) is 23.2 Å². The molecule has 0 spiro atoms. The second-order valence-electron chi connectivity index (χ2n) is 6.19. The first-order chi connectivity index (χ1) is 13.2. The van der Waals surface area contributed by atoms with Crippen molar-refractivity contribution in [1.29, 1.82) is 0 Å². The summed E-state index contributed by atoms with van der Waals surface area (Å²) in [6.45, 7) is 1.53. The molecule has 0 heterocycles. The summed E-state index contributed by atoms with van der Waals surface area (Å²) in [7, 11) is 0. The first-order valence-electron chi connectivity index (χ1n) is 8.63. The van der Waals surface area contributed by atoms with Crippen LogP contribution >= 0.6 is 0 Å². The van der Waals surface area contributed by atoms with E-state index in [1.807, 2.05) is 0 Å². The highest BCUT2D eigenvalue weighted by molar-refractivity contribution is 5.92. The Balaban J connectivity index is 1.94. The molecule has 0 fully saturated rings. The number of amides is 2. The molecule has 2 rings (SSSR count). The molecule has 0 aromatic heterocycles. The smallest absolute Gasteiger partial charge is 0.342 e. The van der Waals surface area contributed by atoms with E-state index in [2.05, 4.69) is 5.32 Å². The van der Waals surface area contributed by atoms with Crippen LogP contribution in [0.1, 0.15) is 24.5 Å². The lowest BCUT2D eigenvalue weighted by molar-refractivity contribution is -0.137. The number of alkyl halides is 3. The van der Waals surface area contributed by atoms with Crippen molar-refractivity contribution < 1.29 is 27.2 Å². The molecule has 2 amide bonds. The molecule has 1 N–H and O–H groups in total. The Morgan fingerprint density at radius 2 is 1.64 bits per heavy atom. The van der Waals surface area contributed by atoms with E-state index >= 15 is 0 Å². The highest BCUT2D eigenvalue weighted by atomic mass is 19.4. The SMILES string of the molecule is CC(=O)N(CCC(=O)Nc1ccccc1C(F)(F)F)CCc1ccccc1F. The number of anilines is 1. The van der Waals surface area contributed by atoms with E-state index in [-0.39, 0.29) is 43.3 Å². The van der Waals surface area contributed by atoms with Crippen molar-refractivity contribution >= 4 is 17.5 Å². The predicted molar refractivity (Wildman–Crippen MR) is 97.0 cm³/mol. The van der Waals surface area contributed by atoms with Crippen LogP contribution in [0.2, 0.25) is 0 Å². The molecule has 0 radical (unpaired) electrons. The van der Waals surface area contributed by atoms with E-state index in [4.69, 9.17) is 0 Å². The predicted octanol–water partition coefficient (Wildman–Crippen LogP) is 4.26. The fourth-order valence-electron chi connectivity index (χ4n) is 2.67. The first kappa shape index (κ1) is 21.4. The average molecular weight is 396 g/mol. The molecular weight excluding hydrogens is 376 g/mol. The van der Waals surface area contributed by atoms with Crippen molar-refractivity contribution in [1.82, 2.24) is 4.90 Å². The Kier molecular flexibility index (Phi) is 7.14. The third-order valence-corrected chi connectivity index (χ3v) is 4.17. The molecule has 150 valence electrons. The van der Waals surface area contributed by atoms with Gasteiger partial charge in [0.1, 0.15) is 5.82 Å². The van der Waals surface area contributed by atoms with Crippen molar-refractivity contribution in [2.24, 2.45) is 0 Å². The number of hydrogen-bond acceptors (Lipinski definition) is 2.